The molecule has 0 bridgehead atoms. The summed E-state index contributed by atoms with van der Waals surface area (Å²) < 4.78 is 7.66. The van der Waals surface area contributed by atoms with E-state index in [2.05, 4.69) is 108 Å². The lowest BCUT2D eigenvalue weighted by Gasteiger charge is -2.11. The second-order valence-electron chi connectivity index (χ2n) is 9.80. The minimum absolute atomic E-state index is 0.695. The van der Waals surface area contributed by atoms with E-state index in [4.69, 9.17) is 9.97 Å². The molecule has 9 rings (SSSR count). The molecule has 0 saturated heterocycles. The van der Waals surface area contributed by atoms with Crippen LogP contribution < -0.4 is 0 Å². The first-order chi connectivity index (χ1) is 19.3. The number of para-hydroxylation sites is 2. The fourth-order valence-electron chi connectivity index (χ4n) is 5.95. The number of thiophene rings is 2. The van der Waals surface area contributed by atoms with Gasteiger partial charge in [-0.25, -0.2) is 9.97 Å². The first-order valence-corrected chi connectivity index (χ1v) is 14.6. The molecule has 0 spiro atoms. The summed E-state index contributed by atoms with van der Waals surface area (Å²) in [6, 6.07) is 40.7. The highest BCUT2D eigenvalue weighted by molar-refractivity contribution is 7.36. The van der Waals surface area contributed by atoms with E-state index in [0.29, 0.717) is 5.95 Å². The maximum atomic E-state index is 5.24. The third kappa shape index (κ3) is 2.97. The van der Waals surface area contributed by atoms with E-state index in [0.717, 1.165) is 33.2 Å². The van der Waals surface area contributed by atoms with Gasteiger partial charge in [0, 0.05) is 41.9 Å². The first-order valence-electron chi connectivity index (χ1n) is 12.9. The predicted octanol–water partition coefficient (Wildman–Crippen LogP) is 9.98. The molecule has 4 heterocycles. The molecule has 0 aliphatic heterocycles. The highest BCUT2D eigenvalue weighted by atomic mass is 32.1. The van der Waals surface area contributed by atoms with E-state index in [-0.39, 0.29) is 0 Å². The Hall–Kier alpha value is -4.58. The third-order valence-electron chi connectivity index (χ3n) is 7.63. The second-order valence-corrected chi connectivity index (χ2v) is 11.9. The van der Waals surface area contributed by atoms with Crippen LogP contribution >= 0.6 is 22.7 Å². The molecule has 0 fully saturated rings. The molecule has 0 atom stereocenters. The molecular weight excluding hydrogens is 515 g/mol. The summed E-state index contributed by atoms with van der Waals surface area (Å²) >= 11 is 3.80. The van der Waals surface area contributed by atoms with Gasteiger partial charge in [0.25, 0.3) is 0 Å². The van der Waals surface area contributed by atoms with Crippen LogP contribution in [0.3, 0.4) is 0 Å². The van der Waals surface area contributed by atoms with E-state index in [9.17, 15) is 0 Å². The summed E-state index contributed by atoms with van der Waals surface area (Å²) in [6.45, 7) is 0. The molecule has 182 valence electrons. The van der Waals surface area contributed by atoms with Crippen molar-refractivity contribution >= 4 is 85.0 Å². The molecule has 0 N–H and O–H groups in total. The maximum absolute atomic E-state index is 5.24. The highest BCUT2D eigenvalue weighted by Crippen LogP contribution is 2.48. The van der Waals surface area contributed by atoms with Crippen molar-refractivity contribution in [3.63, 3.8) is 0 Å². The number of nitrogens with zero attached hydrogens (tertiary/aromatic N) is 3. The Labute approximate surface area is 231 Å². The number of hydrogen-bond acceptors (Lipinski definition) is 4. The van der Waals surface area contributed by atoms with E-state index < -0.39 is 0 Å². The van der Waals surface area contributed by atoms with Crippen molar-refractivity contribution in [2.24, 2.45) is 0 Å². The van der Waals surface area contributed by atoms with Gasteiger partial charge >= 0.3 is 0 Å². The van der Waals surface area contributed by atoms with Gasteiger partial charge in [-0.1, -0.05) is 84.9 Å². The van der Waals surface area contributed by atoms with Crippen LogP contribution in [0.2, 0.25) is 0 Å². The smallest absolute Gasteiger partial charge is 0.235 e. The molecule has 5 aromatic carbocycles. The summed E-state index contributed by atoms with van der Waals surface area (Å²) in [6.07, 6.45) is 0. The zero-order valence-electron chi connectivity index (χ0n) is 20.6. The van der Waals surface area contributed by atoms with Crippen LogP contribution in [0.15, 0.2) is 115 Å². The van der Waals surface area contributed by atoms with E-state index in [1.54, 1.807) is 0 Å². The fourth-order valence-corrected chi connectivity index (χ4v) is 8.63. The molecule has 0 aliphatic carbocycles. The molecule has 0 aliphatic rings. The van der Waals surface area contributed by atoms with Gasteiger partial charge in [0.2, 0.25) is 5.95 Å². The summed E-state index contributed by atoms with van der Waals surface area (Å²) in [5, 5.41) is 6.25. The maximum Gasteiger partial charge on any atom is 0.235 e. The lowest BCUT2D eigenvalue weighted by Crippen LogP contribution is -2.03. The standard InChI is InChI=1S/C34H19N3S2/c1-2-10-20(11-3-1)31-21-12-4-7-15-24(21)35-34(36-31)37-25-16-8-5-13-22(25)29-26(37)18-19-28-30(29)33-32(39-28)23-14-6-9-17-27(23)38-33/h1-19H. The summed E-state index contributed by atoms with van der Waals surface area (Å²) in [7, 11) is 0. The topological polar surface area (TPSA) is 30.7 Å². The number of rotatable bonds is 2. The summed E-state index contributed by atoms with van der Waals surface area (Å²) in [5.74, 6) is 0.695. The van der Waals surface area contributed by atoms with Crippen molar-refractivity contribution < 1.29 is 0 Å². The Morgan fingerprint density at radius 2 is 1.21 bits per heavy atom. The zero-order chi connectivity index (χ0) is 25.5. The van der Waals surface area contributed by atoms with Gasteiger partial charge < -0.3 is 0 Å². The van der Waals surface area contributed by atoms with Gasteiger partial charge in [0.05, 0.1) is 31.6 Å². The lowest BCUT2D eigenvalue weighted by atomic mass is 10.1. The molecule has 0 saturated carbocycles. The highest BCUT2D eigenvalue weighted by Gasteiger charge is 2.21. The van der Waals surface area contributed by atoms with Gasteiger partial charge in [-0.3, -0.25) is 4.57 Å². The molecule has 0 amide bonds. The molecule has 0 radical (unpaired) electrons. The first kappa shape index (κ1) is 21.4. The number of benzene rings is 5. The van der Waals surface area contributed by atoms with Gasteiger partial charge in [-0.05, 0) is 30.3 Å². The lowest BCUT2D eigenvalue weighted by molar-refractivity contribution is 1.01. The minimum Gasteiger partial charge on any atom is -0.278 e. The van der Waals surface area contributed by atoms with Crippen molar-refractivity contribution in [3.8, 4) is 17.2 Å². The molecule has 4 aromatic heterocycles. The molecule has 9 aromatic rings. The molecule has 39 heavy (non-hydrogen) atoms. The quantitative estimate of drug-likeness (QED) is 0.221. The monoisotopic (exact) mass is 533 g/mol. The normalized spacial score (nSPS) is 12.1. The van der Waals surface area contributed by atoms with Gasteiger partial charge in [0.1, 0.15) is 0 Å². The Morgan fingerprint density at radius 3 is 2.10 bits per heavy atom. The van der Waals surface area contributed by atoms with Gasteiger partial charge in [-0.15, -0.1) is 22.7 Å². The van der Waals surface area contributed by atoms with Gasteiger partial charge in [0.15, 0.2) is 0 Å². The van der Waals surface area contributed by atoms with E-state index in [1.165, 1.54) is 40.3 Å². The molecule has 0 unspecified atom stereocenters. The van der Waals surface area contributed by atoms with Crippen LogP contribution in [-0.2, 0) is 0 Å². The molecule has 3 nitrogen and oxygen atoms in total. The largest absolute Gasteiger partial charge is 0.278 e. The Balaban J connectivity index is 1.44. The summed E-state index contributed by atoms with van der Waals surface area (Å²) in [4.78, 5) is 10.4. The SMILES string of the molecule is c1ccc(-c2nc(-n3c4ccccc4c4c5c(ccc43)sc3c4ccccc4sc35)nc3ccccc23)cc1. The average Bonchev–Trinajstić information content (AvgIpc) is 3.65. The van der Waals surface area contributed by atoms with Crippen molar-refractivity contribution in [1.82, 2.24) is 14.5 Å². The van der Waals surface area contributed by atoms with Crippen LogP contribution in [-0.4, -0.2) is 14.5 Å². The Morgan fingerprint density at radius 1 is 0.487 bits per heavy atom. The number of aromatic nitrogens is 3. The van der Waals surface area contributed by atoms with Crippen LogP contribution in [0.25, 0.3) is 79.5 Å². The minimum atomic E-state index is 0.695. The Kier molecular flexibility index (Phi) is 4.36. The summed E-state index contributed by atoms with van der Waals surface area (Å²) in [5.41, 5.74) is 5.23. The van der Waals surface area contributed by atoms with Crippen LogP contribution in [0.4, 0.5) is 0 Å². The third-order valence-corrected chi connectivity index (χ3v) is 10.1. The van der Waals surface area contributed by atoms with Crippen LogP contribution in [0.5, 0.6) is 0 Å². The van der Waals surface area contributed by atoms with Crippen LogP contribution in [0.1, 0.15) is 0 Å². The predicted molar refractivity (Wildman–Crippen MR) is 168 cm³/mol. The molecule has 5 heteroatoms. The van der Waals surface area contributed by atoms with E-state index in [1.807, 2.05) is 34.8 Å². The van der Waals surface area contributed by atoms with Crippen molar-refractivity contribution in [1.29, 1.82) is 0 Å². The zero-order valence-corrected chi connectivity index (χ0v) is 22.3. The van der Waals surface area contributed by atoms with Crippen LogP contribution in [0, 0.1) is 0 Å². The number of hydrogen-bond donors (Lipinski definition) is 0. The second kappa shape index (κ2) is 7.96. The van der Waals surface area contributed by atoms with E-state index >= 15 is 0 Å². The number of fused-ring (bicyclic) bond motifs is 10. The van der Waals surface area contributed by atoms with Gasteiger partial charge in [-0.2, -0.15) is 0 Å². The van der Waals surface area contributed by atoms with Crippen molar-refractivity contribution in [3.05, 3.63) is 115 Å². The Bertz CT molecular complexity index is 2390. The fraction of sp³-hybridized carbons (Fsp3) is 0. The molecular formula is C34H19N3S2. The average molecular weight is 534 g/mol. The van der Waals surface area contributed by atoms with Crippen molar-refractivity contribution in [2.45, 2.75) is 0 Å². The van der Waals surface area contributed by atoms with Crippen molar-refractivity contribution in [2.75, 3.05) is 0 Å².